The molecule has 0 bridgehead atoms. The molecular formula is C12H10F3N. The van der Waals surface area contributed by atoms with Crippen molar-refractivity contribution in [1.29, 1.82) is 0 Å². The number of dihydropyridines is 1. The Bertz CT molecular complexity index is 427. The Hall–Kier alpha value is -1.71. The average molecular weight is 225 g/mol. The predicted octanol–water partition coefficient (Wildman–Crippen LogP) is 3.21. The first-order chi connectivity index (χ1) is 7.57. The molecular weight excluding hydrogens is 215 g/mol. The second kappa shape index (κ2) is 4.04. The summed E-state index contributed by atoms with van der Waals surface area (Å²) in [5.41, 5.74) is 1.04. The molecule has 1 heterocycles. The van der Waals surface area contributed by atoms with Crippen molar-refractivity contribution in [2.75, 3.05) is 6.54 Å². The highest BCUT2D eigenvalue weighted by Gasteiger charge is 2.29. The molecule has 0 atom stereocenters. The van der Waals surface area contributed by atoms with Crippen molar-refractivity contribution in [1.82, 2.24) is 5.32 Å². The van der Waals surface area contributed by atoms with Crippen LogP contribution in [-0.4, -0.2) is 6.54 Å². The summed E-state index contributed by atoms with van der Waals surface area (Å²) in [6.45, 7) is 0.754. The summed E-state index contributed by atoms with van der Waals surface area (Å²) in [5.74, 6) is 0. The zero-order chi connectivity index (χ0) is 11.6. The number of alkyl halides is 3. The molecule has 1 aliphatic heterocycles. The highest BCUT2D eigenvalue weighted by Crippen LogP contribution is 2.30. The van der Waals surface area contributed by atoms with Gasteiger partial charge in [-0.1, -0.05) is 24.3 Å². The minimum atomic E-state index is -4.27. The Kier molecular flexibility index (Phi) is 2.73. The summed E-state index contributed by atoms with van der Waals surface area (Å²) < 4.78 is 37.0. The molecule has 1 aliphatic rings. The Balaban J connectivity index is 2.26. The minimum absolute atomic E-state index is 0.621. The van der Waals surface area contributed by atoms with Gasteiger partial charge in [-0.05, 0) is 23.3 Å². The van der Waals surface area contributed by atoms with Gasteiger partial charge in [0.05, 0.1) is 5.56 Å². The second-order valence-corrected chi connectivity index (χ2v) is 3.49. The van der Waals surface area contributed by atoms with Gasteiger partial charge in [-0.25, -0.2) is 0 Å². The fourth-order valence-electron chi connectivity index (χ4n) is 1.50. The van der Waals surface area contributed by atoms with Gasteiger partial charge < -0.3 is 5.32 Å². The molecule has 2 rings (SSSR count). The Morgan fingerprint density at radius 3 is 2.25 bits per heavy atom. The van der Waals surface area contributed by atoms with E-state index in [4.69, 9.17) is 0 Å². The molecule has 0 amide bonds. The van der Waals surface area contributed by atoms with Crippen molar-refractivity contribution in [3.63, 3.8) is 0 Å². The number of benzene rings is 1. The number of hydrogen-bond donors (Lipinski definition) is 1. The van der Waals surface area contributed by atoms with E-state index in [1.165, 1.54) is 12.1 Å². The van der Waals surface area contributed by atoms with E-state index in [-0.39, 0.29) is 0 Å². The maximum Gasteiger partial charge on any atom is 0.416 e. The number of hydrogen-bond acceptors (Lipinski definition) is 1. The predicted molar refractivity (Wildman–Crippen MR) is 56.6 cm³/mol. The van der Waals surface area contributed by atoms with Crippen LogP contribution in [0.1, 0.15) is 11.1 Å². The topological polar surface area (TPSA) is 12.0 Å². The minimum Gasteiger partial charge on any atom is -0.387 e. The molecule has 0 unspecified atom stereocenters. The first kappa shape index (κ1) is 10.8. The zero-order valence-electron chi connectivity index (χ0n) is 8.38. The van der Waals surface area contributed by atoms with Crippen LogP contribution in [-0.2, 0) is 6.18 Å². The normalized spacial score (nSPS) is 15.6. The number of nitrogens with one attached hydrogen (secondary N) is 1. The van der Waals surface area contributed by atoms with Crippen molar-refractivity contribution < 1.29 is 13.2 Å². The van der Waals surface area contributed by atoms with Gasteiger partial charge in [0.2, 0.25) is 0 Å². The molecule has 0 aromatic heterocycles. The second-order valence-electron chi connectivity index (χ2n) is 3.49. The third-order valence-corrected chi connectivity index (χ3v) is 2.34. The van der Waals surface area contributed by atoms with Crippen molar-refractivity contribution in [3.05, 3.63) is 53.7 Å². The molecule has 1 N–H and O–H groups in total. The Labute approximate surface area is 91.3 Å². The highest BCUT2D eigenvalue weighted by molar-refractivity contribution is 5.74. The smallest absolute Gasteiger partial charge is 0.387 e. The van der Waals surface area contributed by atoms with Crippen LogP contribution in [0.3, 0.4) is 0 Å². The van der Waals surface area contributed by atoms with E-state index in [2.05, 4.69) is 5.32 Å². The average Bonchev–Trinajstić information content (AvgIpc) is 2.29. The Morgan fingerprint density at radius 2 is 1.75 bits per heavy atom. The first-order valence-electron chi connectivity index (χ1n) is 4.85. The molecule has 0 aliphatic carbocycles. The van der Waals surface area contributed by atoms with Crippen LogP contribution in [0.25, 0.3) is 5.57 Å². The third kappa shape index (κ3) is 2.27. The fraction of sp³-hybridized carbons (Fsp3) is 0.167. The first-order valence-corrected chi connectivity index (χ1v) is 4.85. The van der Waals surface area contributed by atoms with E-state index in [1.54, 1.807) is 6.20 Å². The Morgan fingerprint density at radius 1 is 1.06 bits per heavy atom. The lowest BCUT2D eigenvalue weighted by Gasteiger charge is -2.10. The van der Waals surface area contributed by atoms with E-state index in [1.807, 2.05) is 12.2 Å². The van der Waals surface area contributed by atoms with Crippen molar-refractivity contribution in [2.45, 2.75) is 6.18 Å². The maximum atomic E-state index is 12.3. The maximum absolute atomic E-state index is 12.3. The van der Waals surface area contributed by atoms with E-state index in [9.17, 15) is 13.2 Å². The largest absolute Gasteiger partial charge is 0.416 e. The summed E-state index contributed by atoms with van der Waals surface area (Å²) >= 11 is 0. The molecule has 84 valence electrons. The summed E-state index contributed by atoms with van der Waals surface area (Å²) in [7, 11) is 0. The molecule has 1 aromatic rings. The summed E-state index contributed by atoms with van der Waals surface area (Å²) in [6, 6.07) is 5.15. The molecule has 0 saturated heterocycles. The van der Waals surface area contributed by atoms with Crippen molar-refractivity contribution in [3.8, 4) is 0 Å². The molecule has 4 heteroatoms. The van der Waals surface area contributed by atoms with E-state index < -0.39 is 11.7 Å². The van der Waals surface area contributed by atoms with Gasteiger partial charge in [0, 0.05) is 12.7 Å². The molecule has 0 radical (unpaired) electrons. The lowest BCUT2D eigenvalue weighted by Crippen LogP contribution is -2.09. The van der Waals surface area contributed by atoms with Crippen LogP contribution < -0.4 is 5.32 Å². The van der Waals surface area contributed by atoms with E-state index in [0.717, 1.165) is 29.8 Å². The molecule has 16 heavy (non-hydrogen) atoms. The van der Waals surface area contributed by atoms with Crippen LogP contribution in [0.2, 0.25) is 0 Å². The quantitative estimate of drug-likeness (QED) is 0.773. The standard InChI is InChI=1S/C12H10F3N/c13-12(14,15)11-5-3-9(4-6-11)10-2-1-7-16-8-10/h1-6,8,16H,7H2. The SMILES string of the molecule is FC(F)(F)c1ccc(C2=CNCC=C2)cc1. The molecule has 0 fully saturated rings. The number of rotatable bonds is 1. The van der Waals surface area contributed by atoms with Crippen LogP contribution in [0.15, 0.2) is 42.6 Å². The summed E-state index contributed by atoms with van der Waals surface area (Å²) in [4.78, 5) is 0. The number of halogens is 3. The van der Waals surface area contributed by atoms with Crippen molar-refractivity contribution in [2.24, 2.45) is 0 Å². The van der Waals surface area contributed by atoms with Crippen molar-refractivity contribution >= 4 is 5.57 Å². The van der Waals surface area contributed by atoms with Gasteiger partial charge in [0.25, 0.3) is 0 Å². The lowest BCUT2D eigenvalue weighted by molar-refractivity contribution is -0.137. The highest BCUT2D eigenvalue weighted by atomic mass is 19.4. The van der Waals surface area contributed by atoms with Gasteiger partial charge in [0.1, 0.15) is 0 Å². The van der Waals surface area contributed by atoms with Gasteiger partial charge >= 0.3 is 6.18 Å². The third-order valence-electron chi connectivity index (χ3n) is 2.34. The lowest BCUT2D eigenvalue weighted by atomic mass is 10.0. The summed E-state index contributed by atoms with van der Waals surface area (Å²) in [5, 5.41) is 3.01. The van der Waals surface area contributed by atoms with Crippen LogP contribution in [0.4, 0.5) is 13.2 Å². The molecule has 1 nitrogen and oxygen atoms in total. The molecule has 1 aromatic carbocycles. The molecule has 0 spiro atoms. The van der Waals surface area contributed by atoms with Crippen LogP contribution in [0, 0.1) is 0 Å². The summed E-state index contributed by atoms with van der Waals surface area (Å²) in [6.07, 6.45) is 1.34. The van der Waals surface area contributed by atoms with E-state index in [0.29, 0.717) is 0 Å². The number of allylic oxidation sites excluding steroid dienone is 2. The fourth-order valence-corrected chi connectivity index (χ4v) is 1.50. The van der Waals surface area contributed by atoms with Gasteiger partial charge in [0.15, 0.2) is 0 Å². The van der Waals surface area contributed by atoms with E-state index >= 15 is 0 Å². The zero-order valence-corrected chi connectivity index (χ0v) is 8.38. The van der Waals surface area contributed by atoms with Gasteiger partial charge in [-0.15, -0.1) is 0 Å². The van der Waals surface area contributed by atoms with Gasteiger partial charge in [-0.3, -0.25) is 0 Å². The monoisotopic (exact) mass is 225 g/mol. The van der Waals surface area contributed by atoms with Gasteiger partial charge in [-0.2, -0.15) is 13.2 Å². The molecule has 0 saturated carbocycles. The van der Waals surface area contributed by atoms with Crippen LogP contribution in [0.5, 0.6) is 0 Å². The van der Waals surface area contributed by atoms with Crippen LogP contribution >= 0.6 is 0 Å².